The molecular weight excluding hydrogens is 350 g/mol. The Bertz CT molecular complexity index is 1030. The van der Waals surface area contributed by atoms with Crippen molar-refractivity contribution in [2.75, 3.05) is 0 Å². The fourth-order valence-electron chi connectivity index (χ4n) is 3.19. The van der Waals surface area contributed by atoms with Crippen molar-refractivity contribution >= 4 is 0 Å². The molecule has 0 saturated carbocycles. The molecule has 6 heteroatoms. The Hall–Kier alpha value is -2.83. The summed E-state index contributed by atoms with van der Waals surface area (Å²) in [5, 5.41) is 10.6. The molecule has 0 fully saturated rings. The van der Waals surface area contributed by atoms with Crippen LogP contribution in [0.2, 0.25) is 0 Å². The fourth-order valence-corrected chi connectivity index (χ4v) is 3.19. The van der Waals surface area contributed by atoms with Crippen molar-refractivity contribution in [1.29, 1.82) is 0 Å². The quantitative estimate of drug-likeness (QED) is 0.739. The lowest BCUT2D eigenvalue weighted by Crippen LogP contribution is -2.24. The first kappa shape index (κ1) is 18.9. The SMILES string of the molecule is Cc1cccc(C)c1-n1cc(C(O)C(N)c2ccc(F)cc2F)ccc1=O. The molecule has 0 aliphatic carbocycles. The lowest BCUT2D eigenvalue weighted by molar-refractivity contribution is 0.144. The molecule has 3 aromatic rings. The van der Waals surface area contributed by atoms with Crippen LogP contribution in [0, 0.1) is 25.5 Å². The van der Waals surface area contributed by atoms with E-state index in [-0.39, 0.29) is 11.1 Å². The molecule has 0 aliphatic rings. The van der Waals surface area contributed by atoms with Gasteiger partial charge < -0.3 is 10.8 Å². The van der Waals surface area contributed by atoms with Gasteiger partial charge in [-0.3, -0.25) is 9.36 Å². The third-order valence-corrected chi connectivity index (χ3v) is 4.62. The van der Waals surface area contributed by atoms with Crippen molar-refractivity contribution in [3.05, 3.63) is 99.0 Å². The second-order valence-corrected chi connectivity index (χ2v) is 6.55. The first-order chi connectivity index (χ1) is 12.8. The number of para-hydroxylation sites is 1. The lowest BCUT2D eigenvalue weighted by Gasteiger charge is -2.21. The Balaban J connectivity index is 2.04. The number of nitrogens with two attached hydrogens (primary N) is 1. The highest BCUT2D eigenvalue weighted by atomic mass is 19.1. The highest BCUT2D eigenvalue weighted by Crippen LogP contribution is 2.29. The molecule has 1 aromatic heterocycles. The van der Waals surface area contributed by atoms with E-state index in [4.69, 9.17) is 5.73 Å². The van der Waals surface area contributed by atoms with E-state index < -0.39 is 23.8 Å². The zero-order chi connectivity index (χ0) is 19.7. The van der Waals surface area contributed by atoms with Crippen molar-refractivity contribution in [3.63, 3.8) is 0 Å². The van der Waals surface area contributed by atoms with Crippen LogP contribution in [0.1, 0.15) is 34.4 Å². The zero-order valence-electron chi connectivity index (χ0n) is 15.0. The summed E-state index contributed by atoms with van der Waals surface area (Å²) in [4.78, 5) is 12.4. The van der Waals surface area contributed by atoms with Gasteiger partial charge in [0.25, 0.3) is 5.56 Å². The number of aryl methyl sites for hydroxylation is 2. The number of halogens is 2. The number of aromatic nitrogens is 1. The molecule has 0 aliphatic heterocycles. The molecular formula is C21H20F2N2O2. The van der Waals surface area contributed by atoms with Gasteiger partial charge in [-0.25, -0.2) is 8.78 Å². The predicted octanol–water partition coefficient (Wildman–Crippen LogP) is 3.47. The smallest absolute Gasteiger partial charge is 0.255 e. The summed E-state index contributed by atoms with van der Waals surface area (Å²) < 4.78 is 28.6. The molecule has 2 aromatic carbocycles. The van der Waals surface area contributed by atoms with E-state index in [9.17, 15) is 18.7 Å². The molecule has 2 unspecified atom stereocenters. The Morgan fingerprint density at radius 2 is 1.70 bits per heavy atom. The highest BCUT2D eigenvalue weighted by molar-refractivity contribution is 5.47. The average Bonchev–Trinajstić information content (AvgIpc) is 2.62. The summed E-state index contributed by atoms with van der Waals surface area (Å²) in [6.45, 7) is 3.77. The largest absolute Gasteiger partial charge is 0.386 e. The Morgan fingerprint density at radius 1 is 1.04 bits per heavy atom. The Morgan fingerprint density at radius 3 is 2.33 bits per heavy atom. The van der Waals surface area contributed by atoms with Gasteiger partial charge >= 0.3 is 0 Å². The monoisotopic (exact) mass is 370 g/mol. The van der Waals surface area contributed by atoms with Crippen molar-refractivity contribution in [1.82, 2.24) is 4.57 Å². The second-order valence-electron chi connectivity index (χ2n) is 6.55. The number of aliphatic hydroxyl groups is 1. The summed E-state index contributed by atoms with van der Waals surface area (Å²) in [6, 6.07) is 10.4. The van der Waals surface area contributed by atoms with E-state index >= 15 is 0 Å². The number of hydrogen-bond donors (Lipinski definition) is 2. The van der Waals surface area contributed by atoms with Crippen LogP contribution in [-0.4, -0.2) is 9.67 Å². The van der Waals surface area contributed by atoms with Gasteiger partial charge in [-0.05, 0) is 42.7 Å². The topological polar surface area (TPSA) is 68.2 Å². The molecule has 0 amide bonds. The van der Waals surface area contributed by atoms with Crippen LogP contribution in [0.25, 0.3) is 5.69 Å². The molecule has 140 valence electrons. The summed E-state index contributed by atoms with van der Waals surface area (Å²) in [7, 11) is 0. The number of hydrogen-bond acceptors (Lipinski definition) is 3. The van der Waals surface area contributed by atoms with Crippen molar-refractivity contribution in [2.45, 2.75) is 26.0 Å². The molecule has 2 atom stereocenters. The van der Waals surface area contributed by atoms with Gasteiger partial charge in [0.05, 0.1) is 17.8 Å². The van der Waals surface area contributed by atoms with E-state index in [1.807, 2.05) is 32.0 Å². The standard InChI is InChI=1S/C21H20F2N2O2/c1-12-4-3-5-13(2)20(12)25-11-14(6-9-18(25)26)21(27)19(24)16-8-7-15(22)10-17(16)23/h3-11,19,21,27H,24H2,1-2H3. The van der Waals surface area contributed by atoms with Gasteiger partial charge in [0.15, 0.2) is 0 Å². The number of pyridine rings is 1. The maximum absolute atomic E-state index is 14.0. The van der Waals surface area contributed by atoms with Crippen LogP contribution in [0.5, 0.6) is 0 Å². The third-order valence-electron chi connectivity index (χ3n) is 4.62. The van der Waals surface area contributed by atoms with E-state index in [0.29, 0.717) is 5.56 Å². The minimum absolute atomic E-state index is 0.00581. The van der Waals surface area contributed by atoms with Crippen LogP contribution in [0.3, 0.4) is 0 Å². The van der Waals surface area contributed by atoms with E-state index in [1.54, 1.807) is 0 Å². The minimum Gasteiger partial charge on any atom is -0.386 e. The molecule has 4 nitrogen and oxygen atoms in total. The first-order valence-corrected chi connectivity index (χ1v) is 8.47. The highest BCUT2D eigenvalue weighted by Gasteiger charge is 2.23. The Kier molecular flexibility index (Phi) is 5.21. The first-order valence-electron chi connectivity index (χ1n) is 8.47. The number of aliphatic hydroxyl groups excluding tert-OH is 1. The maximum atomic E-state index is 14.0. The summed E-state index contributed by atoms with van der Waals surface area (Å²) >= 11 is 0. The summed E-state index contributed by atoms with van der Waals surface area (Å²) in [5.74, 6) is -1.55. The van der Waals surface area contributed by atoms with E-state index in [1.165, 1.54) is 29.0 Å². The number of rotatable bonds is 4. The second kappa shape index (κ2) is 7.42. The number of benzene rings is 2. The van der Waals surface area contributed by atoms with Crippen LogP contribution in [0.4, 0.5) is 8.78 Å². The predicted molar refractivity (Wildman–Crippen MR) is 99.8 cm³/mol. The van der Waals surface area contributed by atoms with Gasteiger partial charge in [0.1, 0.15) is 11.6 Å². The summed E-state index contributed by atoms with van der Waals surface area (Å²) in [5.41, 5.74) is 8.62. The summed E-state index contributed by atoms with van der Waals surface area (Å²) in [6.07, 6.45) is 0.227. The van der Waals surface area contributed by atoms with E-state index in [0.717, 1.165) is 28.9 Å². The van der Waals surface area contributed by atoms with Gasteiger partial charge in [-0.15, -0.1) is 0 Å². The van der Waals surface area contributed by atoms with Gasteiger partial charge in [-0.1, -0.05) is 24.3 Å². The van der Waals surface area contributed by atoms with Crippen LogP contribution < -0.4 is 11.3 Å². The zero-order valence-corrected chi connectivity index (χ0v) is 15.0. The molecule has 3 rings (SSSR count). The molecule has 1 heterocycles. The Labute approximate surface area is 155 Å². The van der Waals surface area contributed by atoms with Crippen LogP contribution in [0.15, 0.2) is 59.5 Å². The van der Waals surface area contributed by atoms with Crippen LogP contribution >= 0.6 is 0 Å². The molecule has 0 radical (unpaired) electrons. The van der Waals surface area contributed by atoms with Crippen LogP contribution in [-0.2, 0) is 0 Å². The van der Waals surface area contributed by atoms with Crippen molar-refractivity contribution < 1.29 is 13.9 Å². The normalized spacial score (nSPS) is 13.4. The fraction of sp³-hybridized carbons (Fsp3) is 0.190. The molecule has 3 N–H and O–H groups in total. The maximum Gasteiger partial charge on any atom is 0.255 e. The molecule has 0 bridgehead atoms. The molecule has 0 saturated heterocycles. The minimum atomic E-state index is -1.28. The van der Waals surface area contributed by atoms with Crippen molar-refractivity contribution in [2.24, 2.45) is 5.73 Å². The van der Waals surface area contributed by atoms with Gasteiger partial charge in [0, 0.05) is 23.9 Å². The van der Waals surface area contributed by atoms with Gasteiger partial charge in [-0.2, -0.15) is 0 Å². The van der Waals surface area contributed by atoms with Gasteiger partial charge in [0.2, 0.25) is 0 Å². The van der Waals surface area contributed by atoms with E-state index in [2.05, 4.69) is 0 Å². The number of nitrogens with zero attached hydrogens (tertiary/aromatic N) is 1. The lowest BCUT2D eigenvalue weighted by atomic mass is 9.97. The molecule has 0 spiro atoms. The third kappa shape index (κ3) is 3.67. The van der Waals surface area contributed by atoms with Crippen molar-refractivity contribution in [3.8, 4) is 5.69 Å². The average molecular weight is 370 g/mol. The molecule has 27 heavy (non-hydrogen) atoms.